The van der Waals surface area contributed by atoms with Crippen molar-refractivity contribution in [3.8, 4) is 5.75 Å². The zero-order valence-electron chi connectivity index (χ0n) is 11.6. The Bertz CT molecular complexity index is 499. The zero-order valence-corrected chi connectivity index (χ0v) is 13.1. The first-order valence-electron chi connectivity index (χ1n) is 6.76. The van der Waals surface area contributed by atoms with E-state index >= 15 is 0 Å². The lowest BCUT2D eigenvalue weighted by Crippen LogP contribution is -2.45. The number of piperazine rings is 1. The number of hydrogen-bond acceptors (Lipinski definition) is 3. The van der Waals surface area contributed by atoms with Crippen LogP contribution in [0.3, 0.4) is 0 Å². The molecule has 0 amide bonds. The average Bonchev–Trinajstić information content (AvgIpc) is 2.41. The third kappa shape index (κ3) is 3.67. The van der Waals surface area contributed by atoms with Crippen molar-refractivity contribution in [3.63, 3.8) is 0 Å². The highest BCUT2D eigenvalue weighted by Crippen LogP contribution is 2.39. The molecule has 5 heteroatoms. The molecule has 1 heterocycles. The molecule has 2 rings (SSSR count). The van der Waals surface area contributed by atoms with Gasteiger partial charge in [0, 0.05) is 42.8 Å². The average molecular weight is 315 g/mol. The minimum atomic E-state index is 0.0609. The predicted molar refractivity (Wildman–Crippen MR) is 84.7 cm³/mol. The van der Waals surface area contributed by atoms with Crippen molar-refractivity contribution in [1.29, 1.82) is 0 Å². The van der Waals surface area contributed by atoms with Gasteiger partial charge < -0.3 is 10.4 Å². The Morgan fingerprint density at radius 2 is 2.05 bits per heavy atom. The van der Waals surface area contributed by atoms with Gasteiger partial charge in [-0.15, -0.1) is 6.58 Å². The predicted octanol–water partition coefficient (Wildman–Crippen LogP) is 3.61. The van der Waals surface area contributed by atoms with Crippen molar-refractivity contribution in [2.75, 3.05) is 26.2 Å². The van der Waals surface area contributed by atoms with Gasteiger partial charge in [0.05, 0.1) is 5.02 Å². The molecule has 1 aromatic rings. The van der Waals surface area contributed by atoms with Crippen molar-refractivity contribution < 1.29 is 5.11 Å². The highest BCUT2D eigenvalue weighted by Gasteiger charge is 2.25. The summed E-state index contributed by atoms with van der Waals surface area (Å²) in [7, 11) is 0. The molecule has 20 heavy (non-hydrogen) atoms. The van der Waals surface area contributed by atoms with E-state index in [1.165, 1.54) is 0 Å². The first kappa shape index (κ1) is 15.6. The zero-order chi connectivity index (χ0) is 14.7. The molecule has 1 aliphatic rings. The molecule has 3 nitrogen and oxygen atoms in total. The monoisotopic (exact) mass is 314 g/mol. The van der Waals surface area contributed by atoms with Crippen LogP contribution in [0.1, 0.15) is 24.9 Å². The number of hydrogen-bond donors (Lipinski definition) is 2. The molecule has 2 N–H and O–H groups in total. The normalized spacial score (nSPS) is 17.9. The Hall–Kier alpha value is -0.740. The SMILES string of the molecule is C=C(C)C[C@@H](c1cc(Cl)cc(Cl)c1O)N1CCNCC1. The lowest BCUT2D eigenvalue weighted by molar-refractivity contribution is 0.170. The van der Waals surface area contributed by atoms with E-state index in [0.717, 1.165) is 43.7 Å². The second kappa shape index (κ2) is 6.81. The summed E-state index contributed by atoms with van der Waals surface area (Å²) in [4.78, 5) is 2.34. The second-order valence-electron chi connectivity index (χ2n) is 5.29. The number of aromatic hydroxyl groups is 1. The Balaban J connectivity index is 2.37. The number of rotatable bonds is 4. The lowest BCUT2D eigenvalue weighted by atomic mass is 9.97. The van der Waals surface area contributed by atoms with E-state index < -0.39 is 0 Å². The van der Waals surface area contributed by atoms with E-state index in [-0.39, 0.29) is 11.8 Å². The number of phenols is 1. The van der Waals surface area contributed by atoms with Crippen LogP contribution in [-0.2, 0) is 0 Å². The Morgan fingerprint density at radius 3 is 2.65 bits per heavy atom. The van der Waals surface area contributed by atoms with Crippen molar-refractivity contribution in [2.24, 2.45) is 0 Å². The molecule has 1 fully saturated rings. The molecular formula is C15H20Cl2N2O. The summed E-state index contributed by atoms with van der Waals surface area (Å²) in [6.07, 6.45) is 0.782. The molecular weight excluding hydrogens is 295 g/mol. The van der Waals surface area contributed by atoms with Gasteiger partial charge in [0.2, 0.25) is 0 Å². The quantitative estimate of drug-likeness (QED) is 0.833. The number of nitrogens with zero attached hydrogens (tertiary/aromatic N) is 1. The minimum Gasteiger partial charge on any atom is -0.506 e. The molecule has 0 saturated carbocycles. The van der Waals surface area contributed by atoms with Gasteiger partial charge in [0.15, 0.2) is 0 Å². The maximum atomic E-state index is 10.3. The maximum Gasteiger partial charge on any atom is 0.139 e. The number of halogens is 2. The molecule has 1 saturated heterocycles. The standard InChI is InChI=1S/C15H20Cl2N2O/c1-10(2)7-14(19-5-3-18-4-6-19)12-8-11(16)9-13(17)15(12)20/h8-9,14,18,20H,1,3-7H2,2H3/t14-/m0/s1. The van der Waals surface area contributed by atoms with Crippen LogP contribution in [0.5, 0.6) is 5.75 Å². The summed E-state index contributed by atoms with van der Waals surface area (Å²) in [6, 6.07) is 3.43. The fourth-order valence-corrected chi connectivity index (χ4v) is 3.11. The first-order chi connectivity index (χ1) is 9.49. The molecule has 0 unspecified atom stereocenters. The van der Waals surface area contributed by atoms with Crippen LogP contribution in [0, 0.1) is 0 Å². The third-order valence-corrected chi connectivity index (χ3v) is 4.06. The molecule has 0 radical (unpaired) electrons. The van der Waals surface area contributed by atoms with Gasteiger partial charge in [-0.25, -0.2) is 0 Å². The molecule has 1 aliphatic heterocycles. The van der Waals surface area contributed by atoms with Gasteiger partial charge in [-0.3, -0.25) is 4.90 Å². The van der Waals surface area contributed by atoms with E-state index in [0.29, 0.717) is 10.0 Å². The molecule has 0 aliphatic carbocycles. The van der Waals surface area contributed by atoms with Crippen LogP contribution in [0.4, 0.5) is 0 Å². The largest absolute Gasteiger partial charge is 0.506 e. The third-order valence-electron chi connectivity index (χ3n) is 3.55. The Morgan fingerprint density at radius 1 is 1.40 bits per heavy atom. The van der Waals surface area contributed by atoms with Crippen molar-refractivity contribution >= 4 is 23.2 Å². The van der Waals surface area contributed by atoms with Gasteiger partial charge in [-0.2, -0.15) is 0 Å². The van der Waals surface area contributed by atoms with Gasteiger partial charge in [-0.05, 0) is 25.5 Å². The summed E-state index contributed by atoms with van der Waals surface area (Å²) in [6.45, 7) is 9.75. The van der Waals surface area contributed by atoms with Crippen LogP contribution in [0.25, 0.3) is 0 Å². The summed E-state index contributed by atoms with van der Waals surface area (Å²) in [5, 5.41) is 14.5. The number of nitrogens with one attached hydrogen (secondary N) is 1. The van der Waals surface area contributed by atoms with E-state index in [9.17, 15) is 5.11 Å². The highest BCUT2D eigenvalue weighted by atomic mass is 35.5. The number of phenolic OH excluding ortho intramolecular Hbond substituents is 1. The molecule has 1 aromatic carbocycles. The lowest BCUT2D eigenvalue weighted by Gasteiger charge is -2.36. The van der Waals surface area contributed by atoms with Gasteiger partial charge in [-0.1, -0.05) is 28.8 Å². The van der Waals surface area contributed by atoms with E-state index in [2.05, 4.69) is 16.8 Å². The summed E-state index contributed by atoms with van der Waals surface area (Å²) in [5.41, 5.74) is 1.86. The van der Waals surface area contributed by atoms with Crippen LogP contribution in [0.15, 0.2) is 24.3 Å². The van der Waals surface area contributed by atoms with Crippen molar-refractivity contribution in [3.05, 3.63) is 39.9 Å². The molecule has 0 bridgehead atoms. The maximum absolute atomic E-state index is 10.3. The molecule has 1 atom stereocenters. The highest BCUT2D eigenvalue weighted by molar-refractivity contribution is 6.35. The van der Waals surface area contributed by atoms with Gasteiger partial charge in [0.1, 0.15) is 5.75 Å². The van der Waals surface area contributed by atoms with Gasteiger partial charge >= 0.3 is 0 Å². The number of benzene rings is 1. The molecule has 0 aromatic heterocycles. The summed E-state index contributed by atoms with van der Waals surface area (Å²) in [5.74, 6) is 0.126. The minimum absolute atomic E-state index is 0.0609. The van der Waals surface area contributed by atoms with Crippen LogP contribution in [-0.4, -0.2) is 36.2 Å². The van der Waals surface area contributed by atoms with E-state index in [4.69, 9.17) is 23.2 Å². The van der Waals surface area contributed by atoms with Crippen LogP contribution >= 0.6 is 23.2 Å². The fourth-order valence-electron chi connectivity index (χ4n) is 2.60. The Kier molecular flexibility index (Phi) is 5.33. The first-order valence-corrected chi connectivity index (χ1v) is 7.51. The smallest absolute Gasteiger partial charge is 0.139 e. The Labute approximate surface area is 130 Å². The second-order valence-corrected chi connectivity index (χ2v) is 6.13. The van der Waals surface area contributed by atoms with Crippen LogP contribution < -0.4 is 5.32 Å². The molecule has 0 spiro atoms. The summed E-state index contributed by atoms with van der Waals surface area (Å²) >= 11 is 12.1. The van der Waals surface area contributed by atoms with E-state index in [1.54, 1.807) is 12.1 Å². The molecule has 110 valence electrons. The van der Waals surface area contributed by atoms with Crippen molar-refractivity contribution in [2.45, 2.75) is 19.4 Å². The van der Waals surface area contributed by atoms with E-state index in [1.807, 2.05) is 6.92 Å². The fraction of sp³-hybridized carbons (Fsp3) is 0.467. The van der Waals surface area contributed by atoms with Crippen molar-refractivity contribution in [1.82, 2.24) is 10.2 Å². The van der Waals surface area contributed by atoms with Gasteiger partial charge in [0.25, 0.3) is 0 Å². The van der Waals surface area contributed by atoms with Crippen LogP contribution in [0.2, 0.25) is 10.0 Å². The summed E-state index contributed by atoms with van der Waals surface area (Å²) < 4.78 is 0. The topological polar surface area (TPSA) is 35.5 Å².